The van der Waals surface area contributed by atoms with Gasteiger partial charge in [-0.3, -0.25) is 9.59 Å². The Morgan fingerprint density at radius 3 is 2.25 bits per heavy atom. The van der Waals surface area contributed by atoms with Crippen LogP contribution < -0.4 is 0 Å². The molecule has 2 aromatic carbocycles. The third kappa shape index (κ3) is 5.72. The molecule has 0 spiro atoms. The fourth-order valence-electron chi connectivity index (χ4n) is 4.44. The van der Waals surface area contributed by atoms with Crippen LogP contribution in [-0.4, -0.2) is 34.7 Å². The first-order chi connectivity index (χ1) is 15.3. The summed E-state index contributed by atoms with van der Waals surface area (Å²) in [4.78, 5) is 29.6. The Kier molecular flexibility index (Phi) is 7.99. The molecule has 1 unspecified atom stereocenters. The molecule has 172 valence electrons. The first-order valence-corrected chi connectivity index (χ1v) is 11.4. The summed E-state index contributed by atoms with van der Waals surface area (Å²) < 4.78 is 27.3. The van der Waals surface area contributed by atoms with E-state index < -0.39 is 0 Å². The Morgan fingerprint density at radius 1 is 1.03 bits per heavy atom. The summed E-state index contributed by atoms with van der Waals surface area (Å²) in [7, 11) is 0. The minimum Gasteiger partial charge on any atom is -0.342 e. The number of rotatable bonds is 7. The lowest BCUT2D eigenvalue weighted by molar-refractivity contribution is -0.144. The molecule has 1 aliphatic heterocycles. The van der Waals surface area contributed by atoms with Gasteiger partial charge in [-0.15, -0.1) is 0 Å². The van der Waals surface area contributed by atoms with E-state index in [0.29, 0.717) is 37.9 Å². The van der Waals surface area contributed by atoms with Crippen molar-refractivity contribution in [3.63, 3.8) is 0 Å². The van der Waals surface area contributed by atoms with Gasteiger partial charge in [-0.1, -0.05) is 45.0 Å². The SMILES string of the molecule is CCC(c1ccc(F)cc1)N(Cc1cccc(F)c1)C(=O)C1CCN(C(=O)C(C)C)CC1. The Morgan fingerprint density at radius 2 is 1.69 bits per heavy atom. The molecular weight excluding hydrogens is 410 g/mol. The number of likely N-dealkylation sites (tertiary alicyclic amines) is 1. The minimum absolute atomic E-state index is 0.00193. The number of nitrogens with zero attached hydrogens (tertiary/aromatic N) is 2. The van der Waals surface area contributed by atoms with Gasteiger partial charge in [0.25, 0.3) is 0 Å². The molecule has 0 aromatic heterocycles. The average molecular weight is 443 g/mol. The summed E-state index contributed by atoms with van der Waals surface area (Å²) in [6, 6.07) is 12.3. The van der Waals surface area contributed by atoms with Crippen LogP contribution in [0.3, 0.4) is 0 Å². The van der Waals surface area contributed by atoms with E-state index in [9.17, 15) is 18.4 Å². The number of carbonyl (C=O) groups is 2. The molecule has 0 N–H and O–H groups in total. The van der Waals surface area contributed by atoms with Crippen molar-refractivity contribution in [2.24, 2.45) is 11.8 Å². The Balaban J connectivity index is 1.83. The van der Waals surface area contributed by atoms with Crippen LogP contribution >= 0.6 is 0 Å². The van der Waals surface area contributed by atoms with Gasteiger partial charge in [-0.05, 0) is 54.7 Å². The maximum absolute atomic E-state index is 13.8. The van der Waals surface area contributed by atoms with Crippen molar-refractivity contribution in [1.29, 1.82) is 0 Å². The highest BCUT2D eigenvalue weighted by molar-refractivity contribution is 5.81. The average Bonchev–Trinajstić information content (AvgIpc) is 2.79. The quantitative estimate of drug-likeness (QED) is 0.581. The van der Waals surface area contributed by atoms with Crippen LogP contribution in [-0.2, 0) is 16.1 Å². The van der Waals surface area contributed by atoms with Crippen molar-refractivity contribution in [1.82, 2.24) is 9.80 Å². The number of amides is 2. The molecule has 1 atom stereocenters. The summed E-state index contributed by atoms with van der Waals surface area (Å²) in [5.41, 5.74) is 1.57. The van der Waals surface area contributed by atoms with Gasteiger partial charge in [0.1, 0.15) is 11.6 Å². The lowest BCUT2D eigenvalue weighted by Gasteiger charge is -2.38. The van der Waals surface area contributed by atoms with Crippen molar-refractivity contribution in [2.75, 3.05) is 13.1 Å². The molecule has 0 saturated carbocycles. The van der Waals surface area contributed by atoms with Crippen molar-refractivity contribution < 1.29 is 18.4 Å². The van der Waals surface area contributed by atoms with Gasteiger partial charge >= 0.3 is 0 Å². The van der Waals surface area contributed by atoms with Crippen LogP contribution in [0.2, 0.25) is 0 Å². The van der Waals surface area contributed by atoms with E-state index in [-0.39, 0.29) is 47.9 Å². The van der Waals surface area contributed by atoms with Crippen LogP contribution in [0.5, 0.6) is 0 Å². The van der Waals surface area contributed by atoms with Crippen LogP contribution in [0, 0.1) is 23.5 Å². The van der Waals surface area contributed by atoms with Gasteiger partial charge in [-0.25, -0.2) is 8.78 Å². The number of halogens is 2. The molecule has 1 heterocycles. The lowest BCUT2D eigenvalue weighted by atomic mass is 9.92. The van der Waals surface area contributed by atoms with E-state index in [1.807, 2.05) is 31.7 Å². The second-order valence-electron chi connectivity index (χ2n) is 8.83. The highest BCUT2D eigenvalue weighted by Gasteiger charge is 2.33. The van der Waals surface area contributed by atoms with Gasteiger partial charge in [0, 0.05) is 31.5 Å². The summed E-state index contributed by atoms with van der Waals surface area (Å²) in [5, 5.41) is 0. The van der Waals surface area contributed by atoms with Crippen molar-refractivity contribution in [3.05, 3.63) is 71.3 Å². The van der Waals surface area contributed by atoms with Crippen molar-refractivity contribution in [3.8, 4) is 0 Å². The van der Waals surface area contributed by atoms with Gasteiger partial charge in [-0.2, -0.15) is 0 Å². The predicted molar refractivity (Wildman–Crippen MR) is 121 cm³/mol. The zero-order chi connectivity index (χ0) is 23.3. The molecule has 3 rings (SSSR count). The van der Waals surface area contributed by atoms with E-state index in [2.05, 4.69) is 0 Å². The maximum atomic E-state index is 13.8. The summed E-state index contributed by atoms with van der Waals surface area (Å²) >= 11 is 0. The molecule has 1 saturated heterocycles. The van der Waals surface area contributed by atoms with Crippen molar-refractivity contribution in [2.45, 2.75) is 52.6 Å². The van der Waals surface area contributed by atoms with Gasteiger partial charge in [0.2, 0.25) is 11.8 Å². The maximum Gasteiger partial charge on any atom is 0.226 e. The van der Waals surface area contributed by atoms with Gasteiger partial charge in [0.05, 0.1) is 6.04 Å². The molecule has 0 aliphatic carbocycles. The van der Waals surface area contributed by atoms with E-state index in [1.54, 1.807) is 23.1 Å². The zero-order valence-electron chi connectivity index (χ0n) is 19.1. The van der Waals surface area contributed by atoms with Crippen molar-refractivity contribution >= 4 is 11.8 Å². The lowest BCUT2D eigenvalue weighted by Crippen LogP contribution is -2.46. The topological polar surface area (TPSA) is 40.6 Å². The smallest absolute Gasteiger partial charge is 0.226 e. The number of benzene rings is 2. The molecule has 32 heavy (non-hydrogen) atoms. The molecule has 2 aromatic rings. The molecule has 6 heteroatoms. The first kappa shape index (κ1) is 23.9. The molecule has 1 aliphatic rings. The highest BCUT2D eigenvalue weighted by atomic mass is 19.1. The second-order valence-corrected chi connectivity index (χ2v) is 8.83. The largest absolute Gasteiger partial charge is 0.342 e. The van der Waals surface area contributed by atoms with Gasteiger partial charge < -0.3 is 9.80 Å². The number of piperidine rings is 1. The molecule has 2 amide bonds. The van der Waals surface area contributed by atoms with E-state index >= 15 is 0 Å². The molecule has 0 bridgehead atoms. The number of hydrogen-bond acceptors (Lipinski definition) is 2. The van der Waals surface area contributed by atoms with Crippen LogP contribution in [0.25, 0.3) is 0 Å². The van der Waals surface area contributed by atoms with Crippen LogP contribution in [0.4, 0.5) is 8.78 Å². The normalized spacial score (nSPS) is 15.6. The highest BCUT2D eigenvalue weighted by Crippen LogP contribution is 2.31. The summed E-state index contributed by atoms with van der Waals surface area (Å²) in [6.07, 6.45) is 1.87. The predicted octanol–water partition coefficient (Wildman–Crippen LogP) is 5.34. The third-order valence-electron chi connectivity index (χ3n) is 6.19. The molecule has 1 fully saturated rings. The van der Waals surface area contributed by atoms with Crippen LogP contribution in [0.1, 0.15) is 57.2 Å². The van der Waals surface area contributed by atoms with E-state index in [0.717, 1.165) is 5.56 Å². The van der Waals surface area contributed by atoms with Gasteiger partial charge in [0.15, 0.2) is 0 Å². The Hall–Kier alpha value is -2.76. The third-order valence-corrected chi connectivity index (χ3v) is 6.19. The molecular formula is C26H32F2N2O2. The van der Waals surface area contributed by atoms with E-state index in [4.69, 9.17) is 0 Å². The zero-order valence-corrected chi connectivity index (χ0v) is 19.1. The Labute approximate surface area is 189 Å². The molecule has 0 radical (unpaired) electrons. The minimum atomic E-state index is -0.342. The summed E-state index contributed by atoms with van der Waals surface area (Å²) in [6.45, 7) is 7.16. The number of carbonyl (C=O) groups excluding carboxylic acids is 2. The standard InChI is InChI=1S/C26H32F2N2O2/c1-4-24(20-8-10-22(27)11-9-20)30(17-19-6-5-7-23(28)16-19)26(32)21-12-14-29(15-13-21)25(31)18(2)3/h5-11,16,18,21,24H,4,12-15,17H2,1-3H3. The summed E-state index contributed by atoms with van der Waals surface area (Å²) in [5.74, 6) is -0.810. The van der Waals surface area contributed by atoms with E-state index in [1.165, 1.54) is 24.3 Å². The van der Waals surface area contributed by atoms with Crippen LogP contribution in [0.15, 0.2) is 48.5 Å². The Bertz CT molecular complexity index is 922. The monoisotopic (exact) mass is 442 g/mol. The fraction of sp³-hybridized carbons (Fsp3) is 0.462. The second kappa shape index (κ2) is 10.7. The fourth-order valence-corrected chi connectivity index (χ4v) is 4.44. The first-order valence-electron chi connectivity index (χ1n) is 11.4. The molecule has 4 nitrogen and oxygen atoms in total. The number of hydrogen-bond donors (Lipinski definition) is 0.